The first-order chi connectivity index (χ1) is 4.52. The Hall–Kier alpha value is -0.595. The summed E-state index contributed by atoms with van der Waals surface area (Å²) in [6.07, 6.45) is -5.64. The summed E-state index contributed by atoms with van der Waals surface area (Å²) in [7, 11) is 0. The number of carbonyl (C=O) groups is 3. The van der Waals surface area contributed by atoms with Crippen LogP contribution in [0.15, 0.2) is 0 Å². The topological polar surface area (TPSA) is 110 Å². The Balaban J connectivity index is -0.0000000675. The van der Waals surface area contributed by atoms with Crippen molar-refractivity contribution in [3.05, 3.63) is 0 Å². The van der Waals surface area contributed by atoms with Crippen LogP contribution in [0.25, 0.3) is 0 Å². The summed E-state index contributed by atoms with van der Waals surface area (Å²) in [5, 5.41) is 15.4. The van der Waals surface area contributed by atoms with Crippen molar-refractivity contribution < 1.29 is 74.6 Å². The minimum Gasteiger partial charge on any atom is -1.00 e. The second-order valence-electron chi connectivity index (χ2n) is 0.986. The van der Waals surface area contributed by atoms with Gasteiger partial charge in [0.05, 0.1) is 0 Å². The van der Waals surface area contributed by atoms with Crippen LogP contribution in [0.2, 0.25) is 0 Å². The van der Waals surface area contributed by atoms with Crippen LogP contribution in [0, 0.1) is 0 Å². The van der Waals surface area contributed by atoms with Gasteiger partial charge >= 0.3 is 56.2 Å². The van der Waals surface area contributed by atoms with Crippen LogP contribution in [-0.4, -0.2) is 28.7 Å². The minimum absolute atomic E-state index is 0. The Labute approximate surface area is 93.3 Å². The van der Waals surface area contributed by atoms with Crippen molar-refractivity contribution in [2.45, 2.75) is 0 Å². The van der Waals surface area contributed by atoms with Gasteiger partial charge in [-0.2, -0.15) is 0 Å². The molecule has 0 aromatic heterocycles. The molecular formula is C3H4Li2O7. The van der Waals surface area contributed by atoms with E-state index in [1.807, 2.05) is 0 Å². The number of hydrogen-bond donors (Lipinski definition) is 2. The molecule has 9 heteroatoms. The Morgan fingerprint density at radius 1 is 0.917 bits per heavy atom. The van der Waals surface area contributed by atoms with E-state index < -0.39 is 18.5 Å². The van der Waals surface area contributed by atoms with Gasteiger partial charge in [-0.1, -0.05) is 0 Å². The largest absolute Gasteiger partial charge is 1.00 e. The number of hydrogen-bond acceptors (Lipinski definition) is 5. The Morgan fingerprint density at radius 2 is 1.17 bits per heavy atom. The first kappa shape index (κ1) is 17.5. The Morgan fingerprint density at radius 3 is 1.33 bits per heavy atom. The molecule has 0 aromatic carbocycles. The van der Waals surface area contributed by atoms with E-state index in [4.69, 9.17) is 10.2 Å². The first-order valence-corrected chi connectivity index (χ1v) is 1.88. The molecule has 0 bridgehead atoms. The van der Waals surface area contributed by atoms with E-state index in [1.54, 1.807) is 0 Å². The third-order valence-electron chi connectivity index (χ3n) is 0.341. The van der Waals surface area contributed by atoms with Crippen LogP contribution in [0.5, 0.6) is 0 Å². The van der Waals surface area contributed by atoms with E-state index in [-0.39, 0.29) is 40.6 Å². The summed E-state index contributed by atoms with van der Waals surface area (Å²) in [6, 6.07) is 0. The molecule has 0 rings (SSSR count). The average molecular weight is 166 g/mol. The Bertz CT molecular complexity index is 168. The van der Waals surface area contributed by atoms with Gasteiger partial charge < -0.3 is 22.5 Å². The molecule has 0 fully saturated rings. The number of carboxylic acid groups (broad SMARTS) is 2. The molecule has 0 unspecified atom stereocenters. The quantitative estimate of drug-likeness (QED) is 0.210. The predicted molar refractivity (Wildman–Crippen MR) is 25.8 cm³/mol. The maximum atomic E-state index is 9.86. The van der Waals surface area contributed by atoms with Gasteiger partial charge in [-0.3, -0.25) is 0 Å². The molecule has 2 N–H and O–H groups in total. The zero-order chi connectivity index (χ0) is 8.15. The van der Waals surface area contributed by atoms with Crippen LogP contribution in [0.4, 0.5) is 14.4 Å². The molecule has 0 aromatic rings. The van der Waals surface area contributed by atoms with Crippen LogP contribution in [-0.2, 0) is 9.47 Å². The van der Waals surface area contributed by atoms with E-state index >= 15 is 0 Å². The van der Waals surface area contributed by atoms with Crippen LogP contribution in [0.3, 0.4) is 0 Å². The van der Waals surface area contributed by atoms with E-state index in [0.29, 0.717) is 0 Å². The SMILES string of the molecule is O=C(O)OC(=O)OC(=O)O.[H-].[H-].[Li+].[Li+]. The van der Waals surface area contributed by atoms with Gasteiger partial charge in [0.15, 0.2) is 0 Å². The average Bonchev–Trinajstić information content (AvgIpc) is 1.58. The van der Waals surface area contributed by atoms with Gasteiger partial charge in [0.2, 0.25) is 0 Å². The standard InChI is InChI=1S/C3H2O7.2Li.2H/c4-1(5)9-3(8)10-2(6)7;;;;/h(H,4,5)(H,6,7);;;;/q;2*+1;2*-1. The molecule has 0 radical (unpaired) electrons. The van der Waals surface area contributed by atoms with Gasteiger partial charge in [-0.15, -0.1) is 0 Å². The summed E-state index contributed by atoms with van der Waals surface area (Å²) < 4.78 is 6.47. The fourth-order valence-electron chi connectivity index (χ4n) is 0.163. The minimum atomic E-state index is -1.92. The molecular weight excluding hydrogens is 162 g/mol. The van der Waals surface area contributed by atoms with Crippen molar-refractivity contribution >= 4 is 18.5 Å². The van der Waals surface area contributed by atoms with Crippen molar-refractivity contribution in [2.24, 2.45) is 0 Å². The summed E-state index contributed by atoms with van der Waals surface area (Å²) >= 11 is 0. The fraction of sp³-hybridized carbons (Fsp3) is 0. The van der Waals surface area contributed by atoms with Crippen LogP contribution in [0.1, 0.15) is 2.85 Å². The van der Waals surface area contributed by atoms with E-state index in [2.05, 4.69) is 9.47 Å². The normalized spacial score (nSPS) is 6.67. The van der Waals surface area contributed by atoms with Crippen LogP contribution >= 0.6 is 0 Å². The maximum absolute atomic E-state index is 9.86. The molecule has 0 spiro atoms. The second kappa shape index (κ2) is 8.50. The van der Waals surface area contributed by atoms with Crippen molar-refractivity contribution in [3.63, 3.8) is 0 Å². The maximum Gasteiger partial charge on any atom is 1.00 e. The van der Waals surface area contributed by atoms with Crippen molar-refractivity contribution in [3.8, 4) is 0 Å². The molecule has 0 saturated heterocycles. The molecule has 60 valence electrons. The van der Waals surface area contributed by atoms with Gasteiger partial charge in [0.25, 0.3) is 0 Å². The van der Waals surface area contributed by atoms with E-state index in [9.17, 15) is 14.4 Å². The molecule has 12 heavy (non-hydrogen) atoms. The zero-order valence-corrected chi connectivity index (χ0v) is 6.44. The fourth-order valence-corrected chi connectivity index (χ4v) is 0.163. The van der Waals surface area contributed by atoms with Crippen molar-refractivity contribution in [1.82, 2.24) is 0 Å². The molecule has 0 aliphatic heterocycles. The van der Waals surface area contributed by atoms with Crippen molar-refractivity contribution in [1.29, 1.82) is 0 Å². The van der Waals surface area contributed by atoms with Gasteiger partial charge in [-0.05, 0) is 0 Å². The summed E-state index contributed by atoms with van der Waals surface area (Å²) in [6.45, 7) is 0. The predicted octanol–water partition coefficient (Wildman–Crippen LogP) is -5.27. The Kier molecular flexibility index (Phi) is 12.4. The van der Waals surface area contributed by atoms with Crippen molar-refractivity contribution in [2.75, 3.05) is 0 Å². The summed E-state index contributed by atoms with van der Waals surface area (Å²) in [4.78, 5) is 28.8. The third kappa shape index (κ3) is 12.1. The molecule has 0 aliphatic carbocycles. The van der Waals surface area contributed by atoms with E-state index in [0.717, 1.165) is 0 Å². The van der Waals surface area contributed by atoms with E-state index in [1.165, 1.54) is 0 Å². The number of carbonyl (C=O) groups excluding carboxylic acids is 1. The van der Waals surface area contributed by atoms with Gasteiger partial charge in [0.1, 0.15) is 0 Å². The molecule has 0 heterocycles. The molecule has 0 saturated carbocycles. The van der Waals surface area contributed by atoms with Gasteiger partial charge in [-0.25, -0.2) is 14.4 Å². The van der Waals surface area contributed by atoms with Gasteiger partial charge in [0, 0.05) is 0 Å². The third-order valence-corrected chi connectivity index (χ3v) is 0.341. The summed E-state index contributed by atoms with van der Waals surface area (Å²) in [5.41, 5.74) is 0. The number of rotatable bonds is 0. The van der Waals surface area contributed by atoms with Crippen LogP contribution < -0.4 is 37.7 Å². The molecule has 0 amide bonds. The second-order valence-corrected chi connectivity index (χ2v) is 0.986. The monoisotopic (exact) mass is 166 g/mol. The smallest absolute Gasteiger partial charge is 1.00 e. The number of ether oxygens (including phenoxy) is 2. The molecule has 0 aliphatic rings. The molecule has 0 atom stereocenters. The summed E-state index contributed by atoms with van der Waals surface area (Å²) in [5.74, 6) is 0. The molecule has 7 nitrogen and oxygen atoms in total. The zero-order valence-electron chi connectivity index (χ0n) is 8.44. The first-order valence-electron chi connectivity index (χ1n) is 1.88.